The molecule has 2 N–H and O–H groups in total. The number of hydrogen-bond acceptors (Lipinski definition) is 2. The summed E-state index contributed by atoms with van der Waals surface area (Å²) in [5.74, 6) is 2.23. The monoisotopic (exact) mass is 223 g/mol. The van der Waals surface area contributed by atoms with Crippen LogP contribution in [0.4, 0.5) is 0 Å². The van der Waals surface area contributed by atoms with Crippen molar-refractivity contribution in [2.24, 2.45) is 16.8 Å². The van der Waals surface area contributed by atoms with E-state index in [2.05, 4.69) is 29.5 Å². The second kappa shape index (κ2) is 4.07. The molecule has 1 aliphatic heterocycles. The Balaban J connectivity index is 2.05. The Kier molecular flexibility index (Phi) is 2.91. The molecule has 0 bridgehead atoms. The van der Waals surface area contributed by atoms with Crippen LogP contribution in [0.5, 0.6) is 0 Å². The van der Waals surface area contributed by atoms with Crippen LogP contribution < -0.4 is 10.6 Å². The lowest BCUT2D eigenvalue weighted by Crippen LogP contribution is -2.49. The molecule has 16 heavy (non-hydrogen) atoms. The van der Waals surface area contributed by atoms with E-state index >= 15 is 0 Å². The van der Waals surface area contributed by atoms with Crippen LogP contribution in [0.2, 0.25) is 0 Å². The van der Waals surface area contributed by atoms with E-state index < -0.39 is 0 Å². The predicted molar refractivity (Wildman–Crippen MR) is 64.2 cm³/mol. The lowest BCUT2D eigenvalue weighted by atomic mass is 9.73. The fraction of sp³-hybridized carbons (Fsp3) is 0.833. The summed E-state index contributed by atoms with van der Waals surface area (Å²) in [5.41, 5.74) is -0.361. The zero-order chi connectivity index (χ0) is 11.8. The predicted octanol–water partition coefficient (Wildman–Crippen LogP) is 1.28. The molecule has 1 aliphatic carbocycles. The third kappa shape index (κ3) is 1.81. The maximum Gasteiger partial charge on any atom is 0.252 e. The molecule has 0 aromatic carbocycles. The van der Waals surface area contributed by atoms with Gasteiger partial charge in [0.2, 0.25) is 0 Å². The average Bonchev–Trinajstić information content (AvgIpc) is 2.57. The van der Waals surface area contributed by atoms with E-state index in [9.17, 15) is 4.79 Å². The van der Waals surface area contributed by atoms with Gasteiger partial charge in [-0.3, -0.25) is 15.1 Å². The third-order valence-corrected chi connectivity index (χ3v) is 4.07. The van der Waals surface area contributed by atoms with Crippen molar-refractivity contribution in [3.63, 3.8) is 0 Å². The molecule has 1 heterocycles. The summed E-state index contributed by atoms with van der Waals surface area (Å²) < 4.78 is 0. The lowest BCUT2D eigenvalue weighted by Gasteiger charge is -2.36. The van der Waals surface area contributed by atoms with Crippen molar-refractivity contribution in [2.45, 2.75) is 45.1 Å². The number of amides is 1. The molecule has 4 nitrogen and oxygen atoms in total. The van der Waals surface area contributed by atoms with Crippen LogP contribution in [-0.4, -0.2) is 24.5 Å². The Morgan fingerprint density at radius 2 is 2.00 bits per heavy atom. The van der Waals surface area contributed by atoms with Gasteiger partial charge < -0.3 is 5.32 Å². The molecule has 0 atom stereocenters. The highest BCUT2D eigenvalue weighted by molar-refractivity contribution is 6.09. The van der Waals surface area contributed by atoms with Gasteiger partial charge in [0, 0.05) is 7.05 Å². The average molecular weight is 223 g/mol. The van der Waals surface area contributed by atoms with Crippen molar-refractivity contribution < 1.29 is 4.79 Å². The van der Waals surface area contributed by atoms with Crippen LogP contribution in [0, 0.1) is 11.8 Å². The van der Waals surface area contributed by atoms with Gasteiger partial charge in [-0.05, 0) is 37.5 Å². The standard InChI is InChI=1S/C12H21N3O/c1-8(2)9-4-6-12(7-5-9)10(16)14-11(13-3)15-12/h8-9H,4-7H2,1-3H3,(H2,13,14,15,16). The van der Waals surface area contributed by atoms with Crippen LogP contribution in [-0.2, 0) is 4.79 Å². The van der Waals surface area contributed by atoms with Gasteiger partial charge in [-0.1, -0.05) is 13.8 Å². The third-order valence-electron chi connectivity index (χ3n) is 4.07. The highest BCUT2D eigenvalue weighted by Crippen LogP contribution is 2.37. The molecule has 1 amide bonds. The number of carbonyl (C=O) groups is 1. The molecule has 4 heteroatoms. The zero-order valence-corrected chi connectivity index (χ0v) is 10.3. The van der Waals surface area contributed by atoms with Gasteiger partial charge in [-0.25, -0.2) is 0 Å². The van der Waals surface area contributed by atoms with E-state index in [1.807, 2.05) is 0 Å². The number of carbonyl (C=O) groups excluding carboxylic acids is 1. The molecule has 0 aromatic rings. The number of hydrogen-bond donors (Lipinski definition) is 2. The van der Waals surface area contributed by atoms with Gasteiger partial charge >= 0.3 is 0 Å². The van der Waals surface area contributed by atoms with Crippen LogP contribution in [0.3, 0.4) is 0 Å². The molecular weight excluding hydrogens is 202 g/mol. The summed E-state index contributed by atoms with van der Waals surface area (Å²) in [4.78, 5) is 16.0. The summed E-state index contributed by atoms with van der Waals surface area (Å²) in [5, 5.41) is 6.06. The minimum atomic E-state index is -0.361. The molecule has 2 rings (SSSR count). The molecule has 0 aromatic heterocycles. The summed E-state index contributed by atoms with van der Waals surface area (Å²) in [7, 11) is 1.70. The summed E-state index contributed by atoms with van der Waals surface area (Å²) in [6.07, 6.45) is 4.13. The molecule has 0 unspecified atom stereocenters. The van der Waals surface area contributed by atoms with Crippen molar-refractivity contribution in [3.8, 4) is 0 Å². The highest BCUT2D eigenvalue weighted by Gasteiger charge is 2.47. The van der Waals surface area contributed by atoms with E-state index in [0.717, 1.165) is 37.5 Å². The molecule has 90 valence electrons. The summed E-state index contributed by atoms with van der Waals surface area (Å²) in [6, 6.07) is 0. The second-order valence-electron chi connectivity index (χ2n) is 5.31. The van der Waals surface area contributed by atoms with Crippen molar-refractivity contribution in [1.82, 2.24) is 10.6 Å². The van der Waals surface area contributed by atoms with Crippen molar-refractivity contribution in [2.75, 3.05) is 7.05 Å². The smallest absolute Gasteiger partial charge is 0.252 e. The van der Waals surface area contributed by atoms with Crippen LogP contribution in [0.25, 0.3) is 0 Å². The second-order valence-corrected chi connectivity index (χ2v) is 5.31. The quantitative estimate of drug-likeness (QED) is 0.703. The zero-order valence-electron chi connectivity index (χ0n) is 10.3. The van der Waals surface area contributed by atoms with Crippen LogP contribution in [0.1, 0.15) is 39.5 Å². The first-order valence-electron chi connectivity index (χ1n) is 6.14. The Morgan fingerprint density at radius 1 is 1.38 bits per heavy atom. The first kappa shape index (κ1) is 11.4. The minimum absolute atomic E-state index is 0.107. The van der Waals surface area contributed by atoms with Gasteiger partial charge in [0.1, 0.15) is 5.54 Å². The van der Waals surface area contributed by atoms with Gasteiger partial charge in [0.15, 0.2) is 5.96 Å². The highest BCUT2D eigenvalue weighted by atomic mass is 16.2. The number of rotatable bonds is 1. The van der Waals surface area contributed by atoms with E-state index in [1.165, 1.54) is 0 Å². The van der Waals surface area contributed by atoms with Crippen molar-refractivity contribution in [1.29, 1.82) is 0 Å². The Morgan fingerprint density at radius 3 is 2.44 bits per heavy atom. The fourth-order valence-corrected chi connectivity index (χ4v) is 2.81. The SMILES string of the molecule is CN=C1NC(=O)C2(CCC(C(C)C)CC2)N1. The van der Waals surface area contributed by atoms with Gasteiger partial charge in [0.05, 0.1) is 0 Å². The maximum atomic E-state index is 11.9. The molecular formula is C12H21N3O. The van der Waals surface area contributed by atoms with E-state index in [-0.39, 0.29) is 11.4 Å². The molecule has 1 saturated heterocycles. The normalized spacial score (nSPS) is 36.9. The molecule has 2 fully saturated rings. The Labute approximate surface area is 96.9 Å². The maximum absolute atomic E-state index is 11.9. The van der Waals surface area contributed by atoms with E-state index in [4.69, 9.17) is 0 Å². The molecule has 2 aliphatic rings. The topological polar surface area (TPSA) is 53.5 Å². The summed E-state index contributed by atoms with van der Waals surface area (Å²) >= 11 is 0. The van der Waals surface area contributed by atoms with Crippen molar-refractivity contribution >= 4 is 11.9 Å². The Bertz CT molecular complexity index is 314. The summed E-state index contributed by atoms with van der Waals surface area (Å²) in [6.45, 7) is 4.54. The van der Waals surface area contributed by atoms with Gasteiger partial charge in [-0.2, -0.15) is 0 Å². The number of guanidine groups is 1. The first-order valence-corrected chi connectivity index (χ1v) is 6.14. The van der Waals surface area contributed by atoms with E-state index in [1.54, 1.807) is 7.05 Å². The minimum Gasteiger partial charge on any atom is -0.342 e. The first-order chi connectivity index (χ1) is 7.57. The Hall–Kier alpha value is -1.06. The number of nitrogens with zero attached hydrogens (tertiary/aromatic N) is 1. The fourth-order valence-electron chi connectivity index (χ4n) is 2.81. The van der Waals surface area contributed by atoms with Crippen LogP contribution >= 0.6 is 0 Å². The molecule has 0 radical (unpaired) electrons. The lowest BCUT2D eigenvalue weighted by molar-refractivity contribution is -0.125. The van der Waals surface area contributed by atoms with Crippen molar-refractivity contribution in [3.05, 3.63) is 0 Å². The number of nitrogens with one attached hydrogen (secondary N) is 2. The van der Waals surface area contributed by atoms with Gasteiger partial charge in [0.25, 0.3) is 5.91 Å². The van der Waals surface area contributed by atoms with E-state index in [0.29, 0.717) is 5.96 Å². The molecule has 1 saturated carbocycles. The largest absolute Gasteiger partial charge is 0.342 e. The number of aliphatic imine (C=N–C) groups is 1. The van der Waals surface area contributed by atoms with Crippen LogP contribution in [0.15, 0.2) is 4.99 Å². The van der Waals surface area contributed by atoms with Gasteiger partial charge in [-0.15, -0.1) is 0 Å². The molecule has 1 spiro atoms.